The van der Waals surface area contributed by atoms with Gasteiger partial charge in [-0.1, -0.05) is 12.2 Å². The van der Waals surface area contributed by atoms with Gasteiger partial charge in [0.1, 0.15) is 5.75 Å². The number of phenols is 1. The lowest BCUT2D eigenvalue weighted by Crippen LogP contribution is -2.47. The van der Waals surface area contributed by atoms with E-state index in [1.807, 2.05) is 6.07 Å². The van der Waals surface area contributed by atoms with Crippen LogP contribution in [0.4, 0.5) is 0 Å². The number of benzene rings is 1. The number of aromatic nitrogens is 1. The van der Waals surface area contributed by atoms with Gasteiger partial charge in [0.15, 0.2) is 0 Å². The number of hydrogen-bond acceptors (Lipinski definition) is 3. The quantitative estimate of drug-likeness (QED) is 0.655. The van der Waals surface area contributed by atoms with E-state index in [-0.39, 0.29) is 11.8 Å². The molecule has 1 saturated heterocycles. The van der Waals surface area contributed by atoms with Crippen LogP contribution in [0.5, 0.6) is 5.75 Å². The number of nitrogens with one attached hydrogen (secondary N) is 1. The Morgan fingerprint density at radius 2 is 2.05 bits per heavy atom. The molecule has 2 bridgehead atoms. The second-order valence-electron chi connectivity index (χ2n) is 6.84. The van der Waals surface area contributed by atoms with E-state index >= 15 is 0 Å². The van der Waals surface area contributed by atoms with Crippen molar-refractivity contribution in [2.24, 2.45) is 0 Å². The van der Waals surface area contributed by atoms with Crippen LogP contribution >= 0.6 is 0 Å². The van der Waals surface area contributed by atoms with E-state index in [2.05, 4.69) is 30.3 Å². The fourth-order valence-corrected chi connectivity index (χ4v) is 4.29. The first-order valence-corrected chi connectivity index (χ1v) is 7.92. The molecule has 0 saturated carbocycles. The second-order valence-corrected chi connectivity index (χ2v) is 6.84. The molecule has 1 aromatic carbocycles. The van der Waals surface area contributed by atoms with E-state index in [1.54, 1.807) is 12.1 Å². The van der Waals surface area contributed by atoms with E-state index in [9.17, 15) is 10.2 Å². The van der Waals surface area contributed by atoms with Crippen molar-refractivity contribution in [2.45, 2.75) is 44.4 Å². The lowest BCUT2D eigenvalue weighted by atomic mass is 9.85. The maximum Gasteiger partial charge on any atom is 0.116 e. The predicted octanol–water partition coefficient (Wildman–Crippen LogP) is 3.04. The van der Waals surface area contributed by atoms with Gasteiger partial charge in [0.25, 0.3) is 0 Å². The molecule has 0 amide bonds. The molecule has 1 aromatic heterocycles. The molecule has 4 heteroatoms. The minimum Gasteiger partial charge on any atom is -0.508 e. The number of phenolic OH excluding ortho intramolecular Hbond substituents is 1. The van der Waals surface area contributed by atoms with E-state index in [1.165, 1.54) is 5.57 Å². The van der Waals surface area contributed by atoms with Crippen LogP contribution in [0.15, 0.2) is 30.4 Å². The van der Waals surface area contributed by atoms with Crippen LogP contribution in [0.2, 0.25) is 0 Å². The fourth-order valence-electron chi connectivity index (χ4n) is 4.29. The van der Waals surface area contributed by atoms with Gasteiger partial charge in [-0.25, -0.2) is 0 Å². The van der Waals surface area contributed by atoms with Gasteiger partial charge in [0.05, 0.1) is 6.10 Å². The zero-order chi connectivity index (χ0) is 15.6. The SMILES string of the molecule is C=C1CC2c3[nH]c4ccc(O)cc4c3C(O)C(C)N(C1)C2C. The third-order valence-electron chi connectivity index (χ3n) is 5.52. The number of rotatable bonds is 0. The molecular formula is C18H22N2O2. The van der Waals surface area contributed by atoms with Crippen molar-refractivity contribution >= 4 is 10.9 Å². The number of fused-ring (bicyclic) bond motifs is 6. The number of aliphatic hydroxyl groups excluding tert-OH is 1. The molecule has 116 valence electrons. The van der Waals surface area contributed by atoms with Gasteiger partial charge in [-0.05, 0) is 38.5 Å². The highest BCUT2D eigenvalue weighted by Gasteiger charge is 2.42. The summed E-state index contributed by atoms with van der Waals surface area (Å²) in [7, 11) is 0. The molecule has 2 aliphatic heterocycles. The summed E-state index contributed by atoms with van der Waals surface area (Å²) in [5.74, 6) is 0.546. The van der Waals surface area contributed by atoms with Crippen molar-refractivity contribution in [3.8, 4) is 5.75 Å². The Hall–Kier alpha value is -1.78. The lowest BCUT2D eigenvalue weighted by Gasteiger charge is -2.42. The van der Waals surface area contributed by atoms with Gasteiger partial charge in [-0.2, -0.15) is 0 Å². The second kappa shape index (κ2) is 4.61. The molecule has 2 aliphatic rings. The van der Waals surface area contributed by atoms with Crippen LogP contribution in [-0.4, -0.2) is 38.7 Å². The summed E-state index contributed by atoms with van der Waals surface area (Å²) in [6.07, 6.45) is 0.381. The van der Waals surface area contributed by atoms with Crippen molar-refractivity contribution in [1.29, 1.82) is 0 Å². The maximum atomic E-state index is 11.0. The molecule has 0 spiro atoms. The Morgan fingerprint density at radius 3 is 2.82 bits per heavy atom. The summed E-state index contributed by atoms with van der Waals surface area (Å²) in [4.78, 5) is 5.85. The number of aliphatic hydroxyl groups is 1. The molecule has 3 heterocycles. The molecule has 4 nitrogen and oxygen atoms in total. The van der Waals surface area contributed by atoms with Gasteiger partial charge >= 0.3 is 0 Å². The Labute approximate surface area is 130 Å². The van der Waals surface area contributed by atoms with Gasteiger partial charge in [0.2, 0.25) is 0 Å². The van der Waals surface area contributed by atoms with E-state index in [0.717, 1.165) is 35.1 Å². The summed E-state index contributed by atoms with van der Waals surface area (Å²) in [5.41, 5.74) is 4.26. The van der Waals surface area contributed by atoms with Crippen molar-refractivity contribution in [3.63, 3.8) is 0 Å². The molecule has 0 radical (unpaired) electrons. The summed E-state index contributed by atoms with van der Waals surface area (Å²) >= 11 is 0. The highest BCUT2D eigenvalue weighted by molar-refractivity contribution is 5.87. The Kier molecular flexibility index (Phi) is 2.90. The summed E-state index contributed by atoms with van der Waals surface area (Å²) in [6.45, 7) is 9.36. The average Bonchev–Trinajstić information content (AvgIpc) is 2.84. The minimum absolute atomic E-state index is 0.0251. The molecule has 4 rings (SSSR count). The highest BCUT2D eigenvalue weighted by Crippen LogP contribution is 2.46. The van der Waals surface area contributed by atoms with E-state index in [0.29, 0.717) is 12.0 Å². The fraction of sp³-hybridized carbons (Fsp3) is 0.444. The van der Waals surface area contributed by atoms with Gasteiger partial charge in [-0.3, -0.25) is 4.90 Å². The molecular weight excluding hydrogens is 276 g/mol. The molecule has 2 aromatic rings. The van der Waals surface area contributed by atoms with E-state index < -0.39 is 6.10 Å². The van der Waals surface area contributed by atoms with Gasteiger partial charge in [0, 0.05) is 46.7 Å². The van der Waals surface area contributed by atoms with Gasteiger partial charge < -0.3 is 15.2 Å². The largest absolute Gasteiger partial charge is 0.508 e. The van der Waals surface area contributed by atoms with Gasteiger partial charge in [-0.15, -0.1) is 0 Å². The van der Waals surface area contributed by atoms with Crippen molar-refractivity contribution < 1.29 is 10.2 Å². The number of nitrogens with zero attached hydrogens (tertiary/aromatic N) is 1. The van der Waals surface area contributed by atoms with Crippen molar-refractivity contribution in [2.75, 3.05) is 6.54 Å². The number of hydrogen-bond donors (Lipinski definition) is 3. The minimum atomic E-state index is -0.566. The number of aromatic amines is 1. The first-order chi connectivity index (χ1) is 10.5. The summed E-state index contributed by atoms with van der Waals surface area (Å²) in [6, 6.07) is 5.71. The third kappa shape index (κ3) is 1.77. The highest BCUT2D eigenvalue weighted by atomic mass is 16.3. The normalized spacial score (nSPS) is 34.5. The molecule has 5 unspecified atom stereocenters. The summed E-state index contributed by atoms with van der Waals surface area (Å²) < 4.78 is 0. The van der Waals surface area contributed by atoms with Crippen LogP contribution in [0.3, 0.4) is 0 Å². The average molecular weight is 298 g/mol. The molecule has 1 fully saturated rings. The lowest BCUT2D eigenvalue weighted by molar-refractivity contribution is 0.0368. The van der Waals surface area contributed by atoms with Crippen molar-refractivity contribution in [1.82, 2.24) is 9.88 Å². The smallest absolute Gasteiger partial charge is 0.116 e. The van der Waals surface area contributed by atoms with E-state index in [4.69, 9.17) is 0 Å². The number of aromatic hydroxyl groups is 1. The third-order valence-corrected chi connectivity index (χ3v) is 5.52. The Morgan fingerprint density at radius 1 is 1.27 bits per heavy atom. The topological polar surface area (TPSA) is 59.5 Å². The first kappa shape index (κ1) is 13.9. The zero-order valence-corrected chi connectivity index (χ0v) is 13.0. The van der Waals surface area contributed by atoms with Crippen LogP contribution < -0.4 is 0 Å². The zero-order valence-electron chi connectivity index (χ0n) is 13.0. The standard InChI is InChI=1S/C18H22N2O2/c1-9-6-13-10(2)20(8-9)11(3)18(22)16-14-7-12(21)4-5-15(14)19-17(13)16/h4-5,7,10-11,13,18-19,21-22H,1,6,8H2,2-3H3. The van der Waals surface area contributed by atoms with Crippen LogP contribution in [0, 0.1) is 0 Å². The molecule has 5 atom stereocenters. The summed E-state index contributed by atoms with van der Waals surface area (Å²) in [5, 5.41) is 21.7. The van der Waals surface area contributed by atoms with Crippen LogP contribution in [0.25, 0.3) is 10.9 Å². The van der Waals surface area contributed by atoms with Crippen molar-refractivity contribution in [3.05, 3.63) is 41.6 Å². The number of piperidine rings is 1. The molecule has 3 N–H and O–H groups in total. The first-order valence-electron chi connectivity index (χ1n) is 7.92. The number of H-pyrrole nitrogens is 1. The van der Waals surface area contributed by atoms with Crippen LogP contribution in [0.1, 0.15) is 43.5 Å². The monoisotopic (exact) mass is 298 g/mol. The van der Waals surface area contributed by atoms with Crippen LogP contribution in [-0.2, 0) is 0 Å². The molecule has 22 heavy (non-hydrogen) atoms. The maximum absolute atomic E-state index is 11.0. The molecule has 0 aliphatic carbocycles. The Balaban J connectivity index is 2.00. The Bertz CT molecular complexity index is 764. The predicted molar refractivity (Wildman–Crippen MR) is 87.1 cm³/mol.